The standard InChI is InChI=1S/C20H20N4O3S/c1-12-16(22-14(3)25)8-6-9-17(12)23-20(26)15-7-4-5-10-18(15)28-11-19-21-13(2)24-27-19/h4-10H,11H2,1-3H3,(H,22,25)(H,23,26). The van der Waals surface area contributed by atoms with E-state index < -0.39 is 0 Å². The number of nitrogens with one attached hydrogen (secondary N) is 2. The molecule has 3 rings (SSSR count). The van der Waals surface area contributed by atoms with Crippen molar-refractivity contribution in [3.8, 4) is 0 Å². The Bertz CT molecular complexity index is 1020. The minimum absolute atomic E-state index is 0.162. The van der Waals surface area contributed by atoms with Gasteiger partial charge in [-0.15, -0.1) is 11.8 Å². The van der Waals surface area contributed by atoms with E-state index >= 15 is 0 Å². The Hall–Kier alpha value is -3.13. The van der Waals surface area contributed by atoms with Crippen molar-refractivity contribution in [2.45, 2.75) is 31.4 Å². The van der Waals surface area contributed by atoms with Crippen LogP contribution >= 0.6 is 11.8 Å². The van der Waals surface area contributed by atoms with Gasteiger partial charge in [-0.2, -0.15) is 4.98 Å². The summed E-state index contributed by atoms with van der Waals surface area (Å²) >= 11 is 1.45. The molecule has 2 amide bonds. The molecule has 1 aromatic heterocycles. The summed E-state index contributed by atoms with van der Waals surface area (Å²) in [5.41, 5.74) is 2.65. The predicted molar refractivity (Wildman–Crippen MR) is 108 cm³/mol. The van der Waals surface area contributed by atoms with E-state index in [1.807, 2.05) is 25.1 Å². The van der Waals surface area contributed by atoms with Gasteiger partial charge in [-0.3, -0.25) is 9.59 Å². The Kier molecular flexibility index (Phi) is 6.10. The zero-order chi connectivity index (χ0) is 20.1. The molecule has 3 aromatic rings. The molecule has 0 unspecified atom stereocenters. The number of aromatic nitrogens is 2. The lowest BCUT2D eigenvalue weighted by molar-refractivity contribution is -0.114. The van der Waals surface area contributed by atoms with Gasteiger partial charge in [-0.1, -0.05) is 23.4 Å². The number of carbonyl (C=O) groups is 2. The minimum atomic E-state index is -0.229. The van der Waals surface area contributed by atoms with E-state index in [0.29, 0.717) is 34.4 Å². The Morgan fingerprint density at radius 3 is 2.43 bits per heavy atom. The average Bonchev–Trinajstić information content (AvgIpc) is 3.08. The van der Waals surface area contributed by atoms with Gasteiger partial charge in [-0.05, 0) is 43.7 Å². The molecule has 0 fully saturated rings. The molecule has 0 spiro atoms. The molecule has 8 heteroatoms. The first kappa shape index (κ1) is 19.6. The van der Waals surface area contributed by atoms with Crippen LogP contribution in [-0.4, -0.2) is 22.0 Å². The third-order valence-electron chi connectivity index (χ3n) is 3.95. The van der Waals surface area contributed by atoms with Crippen LogP contribution in [0.1, 0.15) is 34.6 Å². The Balaban J connectivity index is 1.77. The van der Waals surface area contributed by atoms with Crippen molar-refractivity contribution >= 4 is 35.0 Å². The average molecular weight is 396 g/mol. The lowest BCUT2D eigenvalue weighted by Gasteiger charge is -2.14. The van der Waals surface area contributed by atoms with Crippen LogP contribution in [0.15, 0.2) is 51.9 Å². The summed E-state index contributed by atoms with van der Waals surface area (Å²) in [6.45, 7) is 5.05. The van der Waals surface area contributed by atoms with E-state index in [-0.39, 0.29) is 11.8 Å². The molecule has 0 saturated carbocycles. The fourth-order valence-electron chi connectivity index (χ4n) is 2.60. The summed E-state index contributed by atoms with van der Waals surface area (Å²) in [5.74, 6) is 1.17. The Morgan fingerprint density at radius 1 is 1.04 bits per heavy atom. The number of benzene rings is 2. The van der Waals surface area contributed by atoms with Crippen LogP contribution < -0.4 is 10.6 Å². The van der Waals surface area contributed by atoms with E-state index in [1.54, 1.807) is 31.2 Å². The maximum atomic E-state index is 12.9. The van der Waals surface area contributed by atoms with Crippen LogP contribution in [0.4, 0.5) is 11.4 Å². The van der Waals surface area contributed by atoms with E-state index in [0.717, 1.165) is 10.5 Å². The summed E-state index contributed by atoms with van der Waals surface area (Å²) in [5, 5.41) is 9.46. The molecule has 2 aromatic carbocycles. The number of anilines is 2. The lowest BCUT2D eigenvalue weighted by atomic mass is 10.1. The number of hydrogen-bond acceptors (Lipinski definition) is 6. The minimum Gasteiger partial charge on any atom is -0.338 e. The number of carbonyl (C=O) groups excluding carboxylic acids is 2. The zero-order valence-electron chi connectivity index (χ0n) is 15.8. The summed E-state index contributed by atoms with van der Waals surface area (Å²) in [7, 11) is 0. The molecule has 28 heavy (non-hydrogen) atoms. The van der Waals surface area contributed by atoms with E-state index in [4.69, 9.17) is 4.52 Å². The molecule has 0 atom stereocenters. The van der Waals surface area contributed by atoms with Crippen molar-refractivity contribution in [3.05, 3.63) is 65.3 Å². The van der Waals surface area contributed by atoms with Crippen molar-refractivity contribution in [2.24, 2.45) is 0 Å². The molecule has 0 aliphatic carbocycles. The highest BCUT2D eigenvalue weighted by atomic mass is 32.2. The molecule has 0 bridgehead atoms. The third-order valence-corrected chi connectivity index (χ3v) is 5.00. The van der Waals surface area contributed by atoms with Gasteiger partial charge < -0.3 is 15.2 Å². The fraction of sp³-hybridized carbons (Fsp3) is 0.200. The van der Waals surface area contributed by atoms with E-state index in [2.05, 4.69) is 20.8 Å². The molecule has 2 N–H and O–H groups in total. The maximum absolute atomic E-state index is 12.9. The number of amides is 2. The van der Waals surface area contributed by atoms with Crippen molar-refractivity contribution in [2.75, 3.05) is 10.6 Å². The first-order valence-electron chi connectivity index (χ1n) is 8.63. The number of nitrogens with zero attached hydrogens (tertiary/aromatic N) is 2. The first-order chi connectivity index (χ1) is 13.4. The monoisotopic (exact) mass is 396 g/mol. The molecule has 0 aliphatic rings. The molecule has 0 aliphatic heterocycles. The highest BCUT2D eigenvalue weighted by molar-refractivity contribution is 7.98. The van der Waals surface area contributed by atoms with Crippen molar-refractivity contribution in [1.82, 2.24) is 10.1 Å². The van der Waals surface area contributed by atoms with Crippen molar-refractivity contribution < 1.29 is 14.1 Å². The molecule has 0 saturated heterocycles. The lowest BCUT2D eigenvalue weighted by Crippen LogP contribution is -2.15. The Morgan fingerprint density at radius 2 is 1.75 bits per heavy atom. The van der Waals surface area contributed by atoms with Gasteiger partial charge in [0.05, 0.1) is 11.3 Å². The van der Waals surface area contributed by atoms with Crippen molar-refractivity contribution in [3.63, 3.8) is 0 Å². The van der Waals surface area contributed by atoms with Crippen LogP contribution in [0.2, 0.25) is 0 Å². The maximum Gasteiger partial charge on any atom is 0.256 e. The number of hydrogen-bond donors (Lipinski definition) is 2. The summed E-state index contributed by atoms with van der Waals surface area (Å²) in [6, 6.07) is 12.7. The smallest absolute Gasteiger partial charge is 0.256 e. The second-order valence-corrected chi connectivity index (χ2v) is 7.15. The highest BCUT2D eigenvalue weighted by Gasteiger charge is 2.15. The van der Waals surface area contributed by atoms with Gasteiger partial charge in [0.1, 0.15) is 0 Å². The van der Waals surface area contributed by atoms with Crippen molar-refractivity contribution in [1.29, 1.82) is 0 Å². The van der Waals surface area contributed by atoms with Gasteiger partial charge >= 0.3 is 0 Å². The predicted octanol–water partition coefficient (Wildman–Crippen LogP) is 4.19. The summed E-state index contributed by atoms with van der Waals surface area (Å²) in [4.78, 5) is 29.2. The molecule has 1 heterocycles. The molecular weight excluding hydrogens is 376 g/mol. The number of rotatable bonds is 6. The van der Waals surface area contributed by atoms with Gasteiger partial charge in [0.25, 0.3) is 5.91 Å². The number of aryl methyl sites for hydroxylation is 1. The van der Waals surface area contributed by atoms with Gasteiger partial charge in [0.15, 0.2) is 5.82 Å². The number of thioether (sulfide) groups is 1. The molecule has 0 radical (unpaired) electrons. The van der Waals surface area contributed by atoms with Gasteiger partial charge in [-0.25, -0.2) is 0 Å². The first-order valence-corrected chi connectivity index (χ1v) is 9.62. The third kappa shape index (κ3) is 4.77. The van der Waals surface area contributed by atoms with Gasteiger partial charge in [0, 0.05) is 23.2 Å². The fourth-order valence-corrected chi connectivity index (χ4v) is 3.49. The van der Waals surface area contributed by atoms with Crippen LogP contribution in [0.5, 0.6) is 0 Å². The van der Waals surface area contributed by atoms with Crippen LogP contribution in [0, 0.1) is 13.8 Å². The largest absolute Gasteiger partial charge is 0.338 e. The van der Waals surface area contributed by atoms with Crippen LogP contribution in [0.3, 0.4) is 0 Å². The second kappa shape index (κ2) is 8.71. The topological polar surface area (TPSA) is 97.1 Å². The summed E-state index contributed by atoms with van der Waals surface area (Å²) in [6.07, 6.45) is 0. The molecule has 144 valence electrons. The van der Waals surface area contributed by atoms with E-state index in [1.165, 1.54) is 18.7 Å². The molecular formula is C20H20N4O3S. The SMILES string of the molecule is CC(=O)Nc1cccc(NC(=O)c2ccccc2SCc2nc(C)no2)c1C. The van der Waals surface area contributed by atoms with Crippen LogP contribution in [0.25, 0.3) is 0 Å². The highest BCUT2D eigenvalue weighted by Crippen LogP contribution is 2.28. The Labute approximate surface area is 166 Å². The van der Waals surface area contributed by atoms with Crippen LogP contribution in [-0.2, 0) is 10.5 Å². The summed E-state index contributed by atoms with van der Waals surface area (Å²) < 4.78 is 5.13. The van der Waals surface area contributed by atoms with E-state index in [9.17, 15) is 9.59 Å². The quantitative estimate of drug-likeness (QED) is 0.607. The van der Waals surface area contributed by atoms with Gasteiger partial charge in [0.2, 0.25) is 11.8 Å². The zero-order valence-corrected chi connectivity index (χ0v) is 16.6. The second-order valence-electron chi connectivity index (χ2n) is 6.13. The normalized spacial score (nSPS) is 10.5. The molecule has 7 nitrogen and oxygen atoms in total.